The molecule has 1 aromatic heterocycles. The Balaban J connectivity index is 1.46. The predicted octanol–water partition coefficient (Wildman–Crippen LogP) is 3.45. The number of para-hydroxylation sites is 1. The van der Waals surface area contributed by atoms with Crippen molar-refractivity contribution in [2.45, 2.75) is 13.8 Å². The van der Waals surface area contributed by atoms with Crippen molar-refractivity contribution in [3.63, 3.8) is 0 Å². The van der Waals surface area contributed by atoms with Crippen LogP contribution in [0.15, 0.2) is 60.8 Å². The second-order valence-corrected chi connectivity index (χ2v) is 7.01. The minimum Gasteiger partial charge on any atom is -0.368 e. The molecule has 5 heteroatoms. The van der Waals surface area contributed by atoms with E-state index < -0.39 is 0 Å². The minimum atomic E-state index is 0.0681. The van der Waals surface area contributed by atoms with Gasteiger partial charge in [0.25, 0.3) is 5.91 Å². The average Bonchev–Trinajstić information content (AvgIpc) is 3.09. The van der Waals surface area contributed by atoms with Gasteiger partial charge in [0.05, 0.1) is 23.1 Å². The molecule has 27 heavy (non-hydrogen) atoms. The average molecular weight is 360 g/mol. The highest BCUT2D eigenvalue weighted by molar-refractivity contribution is 5.95. The minimum absolute atomic E-state index is 0.0681. The Labute approximate surface area is 159 Å². The topological polar surface area (TPSA) is 41.4 Å². The van der Waals surface area contributed by atoms with Gasteiger partial charge < -0.3 is 9.80 Å². The third-order valence-electron chi connectivity index (χ3n) is 5.17. The first-order chi connectivity index (χ1) is 13.1. The molecule has 1 amide bonds. The van der Waals surface area contributed by atoms with Crippen LogP contribution in [0.5, 0.6) is 0 Å². The van der Waals surface area contributed by atoms with Crippen molar-refractivity contribution in [2.75, 3.05) is 31.1 Å². The Hall–Kier alpha value is -3.08. The number of piperazine rings is 1. The van der Waals surface area contributed by atoms with E-state index in [0.717, 1.165) is 37.6 Å². The fraction of sp³-hybridized carbons (Fsp3) is 0.273. The molecule has 0 saturated carbocycles. The highest BCUT2D eigenvalue weighted by atomic mass is 16.2. The number of aryl methyl sites for hydroxylation is 1. The number of anilines is 1. The summed E-state index contributed by atoms with van der Waals surface area (Å²) < 4.78 is 1.83. The van der Waals surface area contributed by atoms with Crippen LogP contribution in [-0.2, 0) is 0 Å². The van der Waals surface area contributed by atoms with Gasteiger partial charge >= 0.3 is 0 Å². The number of carbonyl (C=O) groups is 1. The Morgan fingerprint density at radius 1 is 0.889 bits per heavy atom. The molecule has 1 aliphatic rings. The summed E-state index contributed by atoms with van der Waals surface area (Å²) in [6.45, 7) is 7.21. The molecule has 4 rings (SSSR count). The smallest absolute Gasteiger partial charge is 0.257 e. The van der Waals surface area contributed by atoms with Gasteiger partial charge in [-0.25, -0.2) is 4.68 Å². The lowest BCUT2D eigenvalue weighted by Gasteiger charge is -2.36. The summed E-state index contributed by atoms with van der Waals surface area (Å²) in [4.78, 5) is 17.3. The van der Waals surface area contributed by atoms with Gasteiger partial charge in [-0.2, -0.15) is 5.10 Å². The van der Waals surface area contributed by atoms with Crippen molar-refractivity contribution in [1.82, 2.24) is 14.7 Å². The number of rotatable bonds is 3. The zero-order valence-electron chi connectivity index (χ0n) is 15.8. The lowest BCUT2D eigenvalue weighted by atomic mass is 10.1. The molecule has 0 unspecified atom stereocenters. The van der Waals surface area contributed by atoms with Crippen LogP contribution in [0.3, 0.4) is 0 Å². The van der Waals surface area contributed by atoms with Gasteiger partial charge in [0.1, 0.15) is 0 Å². The molecule has 138 valence electrons. The van der Waals surface area contributed by atoms with Gasteiger partial charge in [-0.1, -0.05) is 30.3 Å². The van der Waals surface area contributed by atoms with Gasteiger partial charge in [-0.3, -0.25) is 4.79 Å². The molecule has 0 bridgehead atoms. The first kappa shape index (κ1) is 17.3. The number of hydrogen-bond acceptors (Lipinski definition) is 3. The van der Waals surface area contributed by atoms with E-state index in [1.54, 1.807) is 6.20 Å². The highest BCUT2D eigenvalue weighted by Crippen LogP contribution is 2.20. The third kappa shape index (κ3) is 3.45. The number of aromatic nitrogens is 2. The number of carbonyl (C=O) groups excluding carboxylic acids is 1. The fourth-order valence-corrected chi connectivity index (χ4v) is 3.61. The quantitative estimate of drug-likeness (QED) is 0.718. The van der Waals surface area contributed by atoms with Crippen molar-refractivity contribution in [3.8, 4) is 5.69 Å². The van der Waals surface area contributed by atoms with Crippen molar-refractivity contribution < 1.29 is 4.79 Å². The monoisotopic (exact) mass is 360 g/mol. The van der Waals surface area contributed by atoms with Crippen molar-refractivity contribution in [1.29, 1.82) is 0 Å². The van der Waals surface area contributed by atoms with E-state index in [1.165, 1.54) is 11.3 Å². The maximum Gasteiger partial charge on any atom is 0.257 e. The highest BCUT2D eigenvalue weighted by Gasteiger charge is 2.25. The summed E-state index contributed by atoms with van der Waals surface area (Å²) in [5.41, 5.74) is 5.03. The SMILES string of the molecule is Cc1cccc(N2CCN(C(=O)c3cnn(-c4ccccc4)c3C)CC2)c1. The second kappa shape index (κ2) is 7.27. The van der Waals surface area contributed by atoms with E-state index in [9.17, 15) is 4.79 Å². The molecule has 1 saturated heterocycles. The van der Waals surface area contributed by atoms with Crippen molar-refractivity contribution in [3.05, 3.63) is 77.6 Å². The second-order valence-electron chi connectivity index (χ2n) is 7.01. The van der Waals surface area contributed by atoms with E-state index in [1.807, 2.05) is 46.8 Å². The molecule has 2 heterocycles. The van der Waals surface area contributed by atoms with Gasteiger partial charge in [-0.15, -0.1) is 0 Å². The molecule has 0 N–H and O–H groups in total. The number of benzene rings is 2. The molecule has 5 nitrogen and oxygen atoms in total. The molecule has 1 fully saturated rings. The zero-order valence-corrected chi connectivity index (χ0v) is 15.8. The van der Waals surface area contributed by atoms with E-state index >= 15 is 0 Å². The molecule has 0 atom stereocenters. The summed E-state index contributed by atoms with van der Waals surface area (Å²) >= 11 is 0. The molecule has 0 radical (unpaired) electrons. The largest absolute Gasteiger partial charge is 0.368 e. The maximum absolute atomic E-state index is 13.0. The van der Waals surface area contributed by atoms with Gasteiger partial charge in [0.15, 0.2) is 0 Å². The molecule has 0 spiro atoms. The number of amides is 1. The van der Waals surface area contributed by atoms with Crippen LogP contribution in [0.4, 0.5) is 5.69 Å². The summed E-state index contributed by atoms with van der Waals surface area (Å²) in [6.07, 6.45) is 1.69. The van der Waals surface area contributed by atoms with E-state index in [4.69, 9.17) is 0 Å². The zero-order chi connectivity index (χ0) is 18.8. The molecule has 0 aliphatic carbocycles. The van der Waals surface area contributed by atoms with Gasteiger partial charge in [0.2, 0.25) is 0 Å². The van der Waals surface area contributed by atoms with E-state index in [0.29, 0.717) is 5.56 Å². The predicted molar refractivity (Wildman–Crippen MR) is 108 cm³/mol. The third-order valence-corrected chi connectivity index (χ3v) is 5.17. The molecule has 3 aromatic rings. The summed E-state index contributed by atoms with van der Waals surface area (Å²) in [5.74, 6) is 0.0681. The summed E-state index contributed by atoms with van der Waals surface area (Å²) in [5, 5.41) is 4.43. The van der Waals surface area contributed by atoms with Crippen LogP contribution in [-0.4, -0.2) is 46.8 Å². The normalized spacial score (nSPS) is 14.4. The Morgan fingerprint density at radius 2 is 1.59 bits per heavy atom. The van der Waals surface area contributed by atoms with Crippen molar-refractivity contribution >= 4 is 11.6 Å². The Bertz CT molecular complexity index is 940. The van der Waals surface area contributed by atoms with Gasteiger partial charge in [-0.05, 0) is 43.7 Å². The van der Waals surface area contributed by atoms with Crippen LogP contribution in [0.25, 0.3) is 5.69 Å². The van der Waals surface area contributed by atoms with Gasteiger partial charge in [0, 0.05) is 31.9 Å². The summed E-state index contributed by atoms with van der Waals surface area (Å²) in [6, 6.07) is 18.4. The first-order valence-electron chi connectivity index (χ1n) is 9.34. The maximum atomic E-state index is 13.0. The Morgan fingerprint density at radius 3 is 2.30 bits per heavy atom. The molecular formula is C22H24N4O. The van der Waals surface area contributed by atoms with Crippen molar-refractivity contribution in [2.24, 2.45) is 0 Å². The molecular weight excluding hydrogens is 336 g/mol. The number of hydrogen-bond donors (Lipinski definition) is 0. The van der Waals surface area contributed by atoms with E-state index in [-0.39, 0.29) is 5.91 Å². The fourth-order valence-electron chi connectivity index (χ4n) is 3.61. The molecule has 1 aliphatic heterocycles. The first-order valence-corrected chi connectivity index (χ1v) is 9.34. The Kier molecular flexibility index (Phi) is 4.67. The van der Waals surface area contributed by atoms with Crippen LogP contribution >= 0.6 is 0 Å². The number of nitrogens with zero attached hydrogens (tertiary/aromatic N) is 4. The van der Waals surface area contributed by atoms with Crippen LogP contribution in [0.2, 0.25) is 0 Å². The lowest BCUT2D eigenvalue weighted by molar-refractivity contribution is 0.0746. The molecule has 2 aromatic carbocycles. The standard InChI is InChI=1S/C22H24N4O/c1-17-7-6-10-20(15-17)24-11-13-25(14-12-24)22(27)21-16-23-26(18(21)2)19-8-4-3-5-9-19/h3-10,15-16H,11-14H2,1-2H3. The van der Waals surface area contributed by atoms with Crippen LogP contribution in [0.1, 0.15) is 21.6 Å². The van der Waals surface area contributed by atoms with E-state index in [2.05, 4.69) is 41.2 Å². The van der Waals surface area contributed by atoms with Crippen LogP contribution < -0.4 is 4.90 Å². The lowest BCUT2D eigenvalue weighted by Crippen LogP contribution is -2.48. The van der Waals surface area contributed by atoms with Crippen LogP contribution in [0, 0.1) is 13.8 Å². The summed E-state index contributed by atoms with van der Waals surface area (Å²) in [7, 11) is 0.